The Morgan fingerprint density at radius 2 is 2.07 bits per heavy atom. The van der Waals surface area contributed by atoms with Crippen molar-refractivity contribution in [2.45, 2.75) is 0 Å². The number of rotatable bonds is 3. The maximum atomic E-state index is 12.3. The number of benzene rings is 2. The molecule has 2 heterocycles. The zero-order valence-electron chi connectivity index (χ0n) is 14.6. The maximum absolute atomic E-state index is 12.3. The Hall–Kier alpha value is -3.03. The second-order valence-electron chi connectivity index (χ2n) is 6.16. The number of halogens is 1. The van der Waals surface area contributed by atoms with Gasteiger partial charge in [0.25, 0.3) is 5.91 Å². The predicted molar refractivity (Wildman–Crippen MR) is 112 cm³/mol. The second kappa shape index (κ2) is 7.18. The molecule has 0 saturated carbocycles. The molecule has 140 valence electrons. The molecule has 0 radical (unpaired) electrons. The highest BCUT2D eigenvalue weighted by atomic mass is 35.5. The molecule has 8 heteroatoms. The number of aliphatic imine (C=N–C) groups is 1. The van der Waals surface area contributed by atoms with E-state index in [-0.39, 0.29) is 16.5 Å². The predicted octanol–water partition coefficient (Wildman–Crippen LogP) is 4.42. The highest BCUT2D eigenvalue weighted by Gasteiger charge is 2.24. The number of thioether (sulfide) groups is 1. The fourth-order valence-corrected chi connectivity index (χ4v) is 4.00. The number of aromatic nitrogens is 1. The van der Waals surface area contributed by atoms with Crippen LogP contribution in [0.2, 0.25) is 5.02 Å². The molecule has 0 unspecified atom stereocenters. The SMILES string of the molecule is Cn1cc(/C=C2\SC(=Nc3ccc(Cl)c(C(=O)O)c3)NC2=O)c2ccccc21. The van der Waals surface area contributed by atoms with Crippen molar-refractivity contribution in [2.24, 2.45) is 12.0 Å². The fraction of sp³-hybridized carbons (Fsp3) is 0.0500. The monoisotopic (exact) mass is 411 g/mol. The van der Waals surface area contributed by atoms with Gasteiger partial charge in [-0.1, -0.05) is 29.8 Å². The number of nitrogens with zero attached hydrogens (tertiary/aromatic N) is 2. The van der Waals surface area contributed by atoms with E-state index in [4.69, 9.17) is 16.7 Å². The van der Waals surface area contributed by atoms with Gasteiger partial charge < -0.3 is 15.0 Å². The summed E-state index contributed by atoms with van der Waals surface area (Å²) in [6.07, 6.45) is 3.80. The molecule has 0 bridgehead atoms. The molecule has 2 N–H and O–H groups in total. The van der Waals surface area contributed by atoms with Crippen molar-refractivity contribution in [1.29, 1.82) is 0 Å². The minimum absolute atomic E-state index is 0.0376. The Morgan fingerprint density at radius 1 is 1.29 bits per heavy atom. The lowest BCUT2D eigenvalue weighted by molar-refractivity contribution is -0.115. The van der Waals surface area contributed by atoms with Gasteiger partial charge in [-0.2, -0.15) is 0 Å². The summed E-state index contributed by atoms with van der Waals surface area (Å²) in [6.45, 7) is 0. The number of carbonyl (C=O) groups is 2. The summed E-state index contributed by atoms with van der Waals surface area (Å²) in [4.78, 5) is 28.4. The Kier molecular flexibility index (Phi) is 4.70. The van der Waals surface area contributed by atoms with E-state index in [1.54, 1.807) is 6.07 Å². The van der Waals surface area contributed by atoms with Crippen LogP contribution >= 0.6 is 23.4 Å². The average Bonchev–Trinajstić information content (AvgIpc) is 3.17. The number of carboxylic acids is 1. The van der Waals surface area contributed by atoms with Gasteiger partial charge in [0.1, 0.15) is 0 Å². The molecule has 0 atom stereocenters. The first-order valence-corrected chi connectivity index (χ1v) is 9.48. The van der Waals surface area contributed by atoms with E-state index in [1.807, 2.05) is 48.2 Å². The Labute approximate surface area is 169 Å². The molecule has 1 fully saturated rings. The third kappa shape index (κ3) is 3.42. The van der Waals surface area contributed by atoms with Crippen LogP contribution in [0.5, 0.6) is 0 Å². The maximum Gasteiger partial charge on any atom is 0.337 e. The molecular formula is C20H14ClN3O3S. The molecule has 1 aromatic heterocycles. The quantitative estimate of drug-likeness (QED) is 0.625. The van der Waals surface area contributed by atoms with Crippen LogP contribution in [0.25, 0.3) is 17.0 Å². The van der Waals surface area contributed by atoms with Gasteiger partial charge in [-0.05, 0) is 42.1 Å². The number of carbonyl (C=O) groups excluding carboxylic acids is 1. The Balaban J connectivity index is 1.65. The number of hydrogen-bond donors (Lipinski definition) is 2. The molecule has 28 heavy (non-hydrogen) atoms. The van der Waals surface area contributed by atoms with Crippen LogP contribution < -0.4 is 5.32 Å². The Morgan fingerprint density at radius 3 is 2.86 bits per heavy atom. The summed E-state index contributed by atoms with van der Waals surface area (Å²) < 4.78 is 2.01. The van der Waals surface area contributed by atoms with Crippen LogP contribution in [-0.4, -0.2) is 26.7 Å². The summed E-state index contributed by atoms with van der Waals surface area (Å²) in [5.41, 5.74) is 2.38. The minimum Gasteiger partial charge on any atom is -0.478 e. The number of amidine groups is 1. The number of amides is 1. The molecule has 1 aliphatic rings. The first-order valence-electron chi connectivity index (χ1n) is 8.29. The number of aromatic carboxylic acids is 1. The van der Waals surface area contributed by atoms with Gasteiger partial charge in [-0.15, -0.1) is 0 Å². The van der Waals surface area contributed by atoms with E-state index in [0.29, 0.717) is 15.8 Å². The van der Waals surface area contributed by atoms with Gasteiger partial charge in [0.15, 0.2) is 5.17 Å². The summed E-state index contributed by atoms with van der Waals surface area (Å²) in [7, 11) is 1.96. The van der Waals surface area contributed by atoms with E-state index in [9.17, 15) is 9.59 Å². The minimum atomic E-state index is -1.13. The van der Waals surface area contributed by atoms with E-state index in [0.717, 1.165) is 16.5 Å². The number of nitrogens with one attached hydrogen (secondary N) is 1. The number of fused-ring (bicyclic) bond motifs is 1. The van der Waals surface area contributed by atoms with Crippen molar-refractivity contribution in [3.63, 3.8) is 0 Å². The number of hydrogen-bond acceptors (Lipinski definition) is 4. The van der Waals surface area contributed by atoms with E-state index in [1.165, 1.54) is 23.9 Å². The summed E-state index contributed by atoms with van der Waals surface area (Å²) in [5.74, 6) is -1.38. The van der Waals surface area contributed by atoms with Gasteiger partial charge in [0.2, 0.25) is 0 Å². The van der Waals surface area contributed by atoms with Crippen molar-refractivity contribution in [2.75, 3.05) is 0 Å². The van der Waals surface area contributed by atoms with E-state index in [2.05, 4.69) is 10.3 Å². The molecule has 2 aromatic carbocycles. The van der Waals surface area contributed by atoms with Crippen LogP contribution in [0.4, 0.5) is 5.69 Å². The third-order valence-electron chi connectivity index (χ3n) is 4.28. The lowest BCUT2D eigenvalue weighted by atomic mass is 10.1. The number of para-hydroxylation sites is 1. The second-order valence-corrected chi connectivity index (χ2v) is 7.60. The number of carboxylic acid groups (broad SMARTS) is 1. The molecule has 0 aliphatic carbocycles. The van der Waals surface area contributed by atoms with Crippen molar-refractivity contribution in [3.8, 4) is 0 Å². The zero-order chi connectivity index (χ0) is 19.8. The van der Waals surface area contributed by atoms with Crippen molar-refractivity contribution in [1.82, 2.24) is 9.88 Å². The molecule has 1 aliphatic heterocycles. The molecule has 0 spiro atoms. The molecule has 4 rings (SSSR count). The molecule has 1 amide bonds. The standard InChI is InChI=1S/C20H14ClN3O3S/c1-24-10-11(13-4-2-3-5-16(13)24)8-17-18(25)23-20(28-17)22-12-6-7-15(21)14(9-12)19(26)27/h2-10H,1H3,(H,26,27)(H,22,23,25)/b17-8-. The van der Waals surface area contributed by atoms with Crippen molar-refractivity contribution < 1.29 is 14.7 Å². The van der Waals surface area contributed by atoms with E-state index < -0.39 is 5.97 Å². The largest absolute Gasteiger partial charge is 0.478 e. The molecular weight excluding hydrogens is 398 g/mol. The first-order chi connectivity index (χ1) is 13.4. The van der Waals surface area contributed by atoms with Crippen molar-refractivity contribution in [3.05, 3.63) is 69.7 Å². The summed E-state index contributed by atoms with van der Waals surface area (Å²) >= 11 is 7.08. The lowest BCUT2D eigenvalue weighted by Crippen LogP contribution is -2.19. The van der Waals surface area contributed by atoms with Gasteiger partial charge in [0.05, 0.1) is 21.2 Å². The van der Waals surface area contributed by atoms with Crippen LogP contribution in [-0.2, 0) is 11.8 Å². The highest BCUT2D eigenvalue weighted by molar-refractivity contribution is 8.18. The van der Waals surface area contributed by atoms with Gasteiger partial charge in [0, 0.05) is 29.7 Å². The number of aryl methyl sites for hydroxylation is 1. The van der Waals surface area contributed by atoms with Crippen LogP contribution in [0.3, 0.4) is 0 Å². The Bertz CT molecular complexity index is 1200. The smallest absolute Gasteiger partial charge is 0.337 e. The molecule has 1 saturated heterocycles. The normalized spacial score (nSPS) is 16.9. The van der Waals surface area contributed by atoms with Gasteiger partial charge >= 0.3 is 5.97 Å². The van der Waals surface area contributed by atoms with E-state index >= 15 is 0 Å². The van der Waals surface area contributed by atoms with Gasteiger partial charge in [-0.25, -0.2) is 9.79 Å². The van der Waals surface area contributed by atoms with Crippen LogP contribution in [0.15, 0.2) is 58.6 Å². The lowest BCUT2D eigenvalue weighted by Gasteiger charge is -2.01. The van der Waals surface area contributed by atoms with Crippen molar-refractivity contribution >= 4 is 63.1 Å². The molecule has 6 nitrogen and oxygen atoms in total. The van der Waals surface area contributed by atoms with Crippen LogP contribution in [0.1, 0.15) is 15.9 Å². The summed E-state index contributed by atoms with van der Waals surface area (Å²) in [5, 5.41) is 13.5. The zero-order valence-corrected chi connectivity index (χ0v) is 16.2. The average molecular weight is 412 g/mol. The first kappa shape index (κ1) is 18.3. The van der Waals surface area contributed by atoms with Gasteiger partial charge in [-0.3, -0.25) is 4.79 Å². The summed E-state index contributed by atoms with van der Waals surface area (Å²) in [6, 6.07) is 12.4. The van der Waals surface area contributed by atoms with Crippen LogP contribution in [0, 0.1) is 0 Å². The fourth-order valence-electron chi connectivity index (χ4n) is 2.97. The topological polar surface area (TPSA) is 83.7 Å². The third-order valence-corrected chi connectivity index (χ3v) is 5.52. The molecule has 3 aromatic rings. The highest BCUT2D eigenvalue weighted by Crippen LogP contribution is 2.31.